The molecular formula is C20H26N4O11. The maximum atomic E-state index is 11.7. The lowest BCUT2D eigenvalue weighted by molar-refractivity contribution is -0.197. The lowest BCUT2D eigenvalue weighted by Crippen LogP contribution is -2.33. The standard InChI is InChI=1S/C20H26N4O11/c25-13(1-7-19(31)34-23-15(27)3-4-16(23)28)21-9-11-33-12-10-22-14(26)2-8-20(32)35-24-17(29)5-6-18(24)30/h1-12H2,(H,21,25)(H,22,26). The zero-order chi connectivity index (χ0) is 25.8. The molecule has 2 aliphatic heterocycles. The first-order chi connectivity index (χ1) is 16.7. The van der Waals surface area contributed by atoms with Crippen molar-refractivity contribution in [3.8, 4) is 0 Å². The number of hydroxylamine groups is 4. The monoisotopic (exact) mass is 498 g/mol. The van der Waals surface area contributed by atoms with Crippen molar-refractivity contribution in [2.45, 2.75) is 51.4 Å². The van der Waals surface area contributed by atoms with Gasteiger partial charge in [0.1, 0.15) is 0 Å². The minimum absolute atomic E-state index is 0.0177. The summed E-state index contributed by atoms with van der Waals surface area (Å²) in [6, 6.07) is 0. The third-order valence-electron chi connectivity index (χ3n) is 4.65. The van der Waals surface area contributed by atoms with Gasteiger partial charge in [-0.15, -0.1) is 10.1 Å². The molecular weight excluding hydrogens is 472 g/mol. The molecule has 2 saturated heterocycles. The van der Waals surface area contributed by atoms with Crippen LogP contribution in [0.3, 0.4) is 0 Å². The molecule has 35 heavy (non-hydrogen) atoms. The predicted octanol–water partition coefficient (Wildman–Crippen LogP) is -1.99. The molecule has 2 aliphatic rings. The van der Waals surface area contributed by atoms with E-state index < -0.39 is 47.4 Å². The summed E-state index contributed by atoms with van der Waals surface area (Å²) in [6.45, 7) is 0.551. The highest BCUT2D eigenvalue weighted by molar-refractivity contribution is 6.02. The summed E-state index contributed by atoms with van der Waals surface area (Å²) in [4.78, 5) is 101. The molecule has 2 N–H and O–H groups in total. The number of ether oxygens (including phenoxy) is 1. The summed E-state index contributed by atoms with van der Waals surface area (Å²) in [5.41, 5.74) is 0. The summed E-state index contributed by atoms with van der Waals surface area (Å²) < 4.78 is 5.23. The van der Waals surface area contributed by atoms with Crippen LogP contribution in [0.2, 0.25) is 0 Å². The van der Waals surface area contributed by atoms with E-state index in [0.717, 1.165) is 0 Å². The number of hydrogen-bond donors (Lipinski definition) is 2. The number of amides is 6. The van der Waals surface area contributed by atoms with Crippen molar-refractivity contribution in [2.24, 2.45) is 0 Å². The molecule has 15 nitrogen and oxygen atoms in total. The van der Waals surface area contributed by atoms with Gasteiger partial charge in [-0.2, -0.15) is 0 Å². The Morgan fingerprint density at radius 2 is 0.943 bits per heavy atom. The Labute approximate surface area is 199 Å². The Kier molecular flexibility index (Phi) is 10.7. The van der Waals surface area contributed by atoms with Crippen LogP contribution >= 0.6 is 0 Å². The highest BCUT2D eigenvalue weighted by atomic mass is 16.7. The number of carbonyl (C=O) groups is 8. The molecule has 0 unspecified atom stereocenters. The van der Waals surface area contributed by atoms with E-state index in [2.05, 4.69) is 20.3 Å². The van der Waals surface area contributed by atoms with Gasteiger partial charge >= 0.3 is 11.9 Å². The fourth-order valence-electron chi connectivity index (χ4n) is 2.85. The van der Waals surface area contributed by atoms with Crippen molar-refractivity contribution in [1.29, 1.82) is 0 Å². The van der Waals surface area contributed by atoms with Crippen LogP contribution in [0.25, 0.3) is 0 Å². The van der Waals surface area contributed by atoms with Gasteiger partial charge in [0.25, 0.3) is 23.6 Å². The molecule has 15 heteroatoms. The van der Waals surface area contributed by atoms with Gasteiger partial charge in [0.2, 0.25) is 11.8 Å². The van der Waals surface area contributed by atoms with Gasteiger partial charge in [0.15, 0.2) is 0 Å². The summed E-state index contributed by atoms with van der Waals surface area (Å²) in [5, 5.41) is 5.84. The van der Waals surface area contributed by atoms with Gasteiger partial charge in [0, 0.05) is 51.6 Å². The molecule has 6 amide bonds. The Morgan fingerprint density at radius 1 is 0.600 bits per heavy atom. The van der Waals surface area contributed by atoms with Crippen LogP contribution in [0, 0.1) is 0 Å². The van der Waals surface area contributed by atoms with Crippen LogP contribution in [0.1, 0.15) is 51.4 Å². The molecule has 0 spiro atoms. The summed E-state index contributed by atoms with van der Waals surface area (Å²) >= 11 is 0. The maximum absolute atomic E-state index is 11.7. The third-order valence-corrected chi connectivity index (χ3v) is 4.65. The van der Waals surface area contributed by atoms with Crippen LogP contribution in [0.15, 0.2) is 0 Å². The number of rotatable bonds is 14. The Balaban J connectivity index is 1.43. The normalized spacial score (nSPS) is 15.4. The molecule has 0 aromatic heterocycles. The zero-order valence-corrected chi connectivity index (χ0v) is 18.9. The van der Waals surface area contributed by atoms with Gasteiger partial charge in [-0.1, -0.05) is 0 Å². The first kappa shape index (κ1) is 27.4. The Bertz CT molecular complexity index is 786. The molecule has 0 radical (unpaired) electrons. The van der Waals surface area contributed by atoms with Crippen molar-refractivity contribution in [3.63, 3.8) is 0 Å². The predicted molar refractivity (Wildman–Crippen MR) is 110 cm³/mol. The van der Waals surface area contributed by atoms with Crippen LogP contribution in [0.5, 0.6) is 0 Å². The second-order valence-corrected chi connectivity index (χ2v) is 7.40. The number of carbonyl (C=O) groups excluding carboxylic acids is 8. The van der Waals surface area contributed by atoms with Crippen molar-refractivity contribution in [2.75, 3.05) is 26.3 Å². The van der Waals surface area contributed by atoms with E-state index in [4.69, 9.17) is 4.74 Å². The van der Waals surface area contributed by atoms with Crippen molar-refractivity contribution >= 4 is 47.4 Å². The van der Waals surface area contributed by atoms with Crippen molar-refractivity contribution in [1.82, 2.24) is 20.8 Å². The zero-order valence-electron chi connectivity index (χ0n) is 18.9. The van der Waals surface area contributed by atoms with Crippen LogP contribution in [-0.4, -0.2) is 83.8 Å². The topological polar surface area (TPSA) is 195 Å². The molecule has 0 bridgehead atoms. The third kappa shape index (κ3) is 9.48. The lowest BCUT2D eigenvalue weighted by atomic mass is 10.3. The van der Waals surface area contributed by atoms with E-state index in [-0.39, 0.29) is 77.7 Å². The summed E-state index contributed by atoms with van der Waals surface area (Å²) in [6.07, 6.45) is -1.10. The van der Waals surface area contributed by atoms with E-state index in [1.165, 1.54) is 0 Å². The molecule has 2 fully saturated rings. The van der Waals surface area contributed by atoms with E-state index >= 15 is 0 Å². The van der Waals surface area contributed by atoms with E-state index in [1.54, 1.807) is 0 Å². The van der Waals surface area contributed by atoms with Crippen LogP contribution in [-0.2, 0) is 52.8 Å². The first-order valence-corrected chi connectivity index (χ1v) is 10.9. The van der Waals surface area contributed by atoms with Gasteiger partial charge < -0.3 is 25.0 Å². The van der Waals surface area contributed by atoms with Crippen molar-refractivity contribution < 1.29 is 52.8 Å². The minimum atomic E-state index is -0.873. The quantitative estimate of drug-likeness (QED) is 0.199. The number of nitrogens with zero attached hydrogens (tertiary/aromatic N) is 2. The lowest BCUT2D eigenvalue weighted by Gasteiger charge is -2.12. The fraction of sp³-hybridized carbons (Fsp3) is 0.600. The van der Waals surface area contributed by atoms with Gasteiger partial charge in [-0.25, -0.2) is 9.59 Å². The van der Waals surface area contributed by atoms with Crippen molar-refractivity contribution in [3.05, 3.63) is 0 Å². The first-order valence-electron chi connectivity index (χ1n) is 10.9. The molecule has 0 aromatic carbocycles. The van der Waals surface area contributed by atoms with Crippen LogP contribution in [0.4, 0.5) is 0 Å². The number of hydrogen-bond acceptors (Lipinski definition) is 11. The van der Waals surface area contributed by atoms with Gasteiger partial charge in [-0.3, -0.25) is 28.8 Å². The number of imide groups is 2. The summed E-state index contributed by atoms with van der Waals surface area (Å²) in [5.74, 6) is -5.06. The summed E-state index contributed by atoms with van der Waals surface area (Å²) in [7, 11) is 0. The van der Waals surface area contributed by atoms with Crippen LogP contribution < -0.4 is 10.6 Å². The van der Waals surface area contributed by atoms with E-state index in [0.29, 0.717) is 10.1 Å². The fourth-order valence-corrected chi connectivity index (χ4v) is 2.85. The van der Waals surface area contributed by atoms with Gasteiger partial charge in [0.05, 0.1) is 26.1 Å². The Hall–Kier alpha value is -3.88. The molecule has 0 saturated carbocycles. The molecule has 192 valence electrons. The minimum Gasteiger partial charge on any atom is -0.378 e. The largest absolute Gasteiger partial charge is 0.378 e. The number of nitrogens with one attached hydrogen (secondary N) is 2. The SMILES string of the molecule is O=C(CCC(=O)ON1C(=O)CCC1=O)NCCOCCNC(=O)CCC(=O)ON1C(=O)CCC1=O. The Morgan fingerprint density at radius 3 is 1.29 bits per heavy atom. The maximum Gasteiger partial charge on any atom is 0.333 e. The van der Waals surface area contributed by atoms with Gasteiger partial charge in [-0.05, 0) is 0 Å². The molecule has 0 aliphatic carbocycles. The van der Waals surface area contributed by atoms with E-state index in [9.17, 15) is 38.4 Å². The molecule has 2 heterocycles. The average Bonchev–Trinajstić information content (AvgIpc) is 3.31. The smallest absolute Gasteiger partial charge is 0.333 e. The second-order valence-electron chi connectivity index (χ2n) is 7.40. The molecule has 2 rings (SSSR count). The second kappa shape index (κ2) is 13.7. The highest BCUT2D eigenvalue weighted by Crippen LogP contribution is 2.13. The highest BCUT2D eigenvalue weighted by Gasteiger charge is 2.33. The average molecular weight is 498 g/mol. The molecule has 0 aromatic rings. The molecule has 0 atom stereocenters. The van der Waals surface area contributed by atoms with E-state index in [1.807, 2.05) is 0 Å².